The Labute approximate surface area is 101 Å². The molecule has 0 radical (unpaired) electrons. The Hall–Kier alpha value is -1.09. The predicted octanol–water partition coefficient (Wildman–Crippen LogP) is 3.44. The molecule has 1 atom stereocenters. The first kappa shape index (κ1) is 13.0. The van der Waals surface area contributed by atoms with Gasteiger partial charge in [0.2, 0.25) is 0 Å². The molecule has 0 bridgehead atoms. The van der Waals surface area contributed by atoms with Gasteiger partial charge in [0.15, 0.2) is 0 Å². The van der Waals surface area contributed by atoms with Crippen molar-refractivity contribution in [3.63, 3.8) is 0 Å². The molecule has 0 saturated heterocycles. The zero-order valence-corrected chi connectivity index (χ0v) is 10.7. The predicted molar refractivity (Wildman–Crippen MR) is 67.6 cm³/mol. The van der Waals surface area contributed by atoms with Gasteiger partial charge in [0, 0.05) is 4.88 Å². The first-order valence-electron chi connectivity index (χ1n) is 5.45. The van der Waals surface area contributed by atoms with Gasteiger partial charge in [0.05, 0.1) is 12.0 Å². The summed E-state index contributed by atoms with van der Waals surface area (Å²) in [5.74, 6) is -0.179. The lowest BCUT2D eigenvalue weighted by Gasteiger charge is -2.22. The SMILES string of the molecule is C=CC(C)(CCc1cccs1)C(=O)OCC. The lowest BCUT2D eigenvalue weighted by molar-refractivity contribution is -0.151. The quantitative estimate of drug-likeness (QED) is 0.560. The van der Waals surface area contributed by atoms with Gasteiger partial charge < -0.3 is 4.74 Å². The van der Waals surface area contributed by atoms with E-state index in [4.69, 9.17) is 4.74 Å². The summed E-state index contributed by atoms with van der Waals surface area (Å²) in [4.78, 5) is 13.1. The van der Waals surface area contributed by atoms with Crippen LogP contribution in [0.5, 0.6) is 0 Å². The maximum Gasteiger partial charge on any atom is 0.315 e. The summed E-state index contributed by atoms with van der Waals surface area (Å²) in [5, 5.41) is 2.05. The lowest BCUT2D eigenvalue weighted by atomic mass is 9.85. The highest BCUT2D eigenvalue weighted by Crippen LogP contribution is 2.27. The zero-order chi connectivity index (χ0) is 12.0. The Kier molecular flexibility index (Phi) is 4.74. The Morgan fingerprint density at radius 1 is 1.69 bits per heavy atom. The highest BCUT2D eigenvalue weighted by Gasteiger charge is 2.30. The monoisotopic (exact) mass is 238 g/mol. The fourth-order valence-corrected chi connectivity index (χ4v) is 2.13. The molecule has 1 heterocycles. The van der Waals surface area contributed by atoms with Gasteiger partial charge in [0.1, 0.15) is 0 Å². The van der Waals surface area contributed by atoms with E-state index < -0.39 is 5.41 Å². The molecule has 0 aliphatic carbocycles. The summed E-state index contributed by atoms with van der Waals surface area (Å²) in [7, 11) is 0. The van der Waals surface area contributed by atoms with Gasteiger partial charge in [0.25, 0.3) is 0 Å². The molecule has 88 valence electrons. The van der Waals surface area contributed by atoms with Gasteiger partial charge in [-0.05, 0) is 38.1 Å². The molecule has 1 aromatic rings. The Balaban J connectivity index is 2.59. The molecule has 0 saturated carbocycles. The number of carbonyl (C=O) groups is 1. The number of rotatable bonds is 6. The van der Waals surface area contributed by atoms with E-state index in [9.17, 15) is 4.79 Å². The fraction of sp³-hybridized carbons (Fsp3) is 0.462. The fourth-order valence-electron chi connectivity index (χ4n) is 1.42. The van der Waals surface area contributed by atoms with Gasteiger partial charge in [-0.1, -0.05) is 12.1 Å². The molecule has 0 aliphatic rings. The average Bonchev–Trinajstić information content (AvgIpc) is 2.79. The summed E-state index contributed by atoms with van der Waals surface area (Å²) in [6, 6.07) is 4.11. The number of thiophene rings is 1. The van der Waals surface area contributed by atoms with Crippen LogP contribution in [0.25, 0.3) is 0 Å². The van der Waals surface area contributed by atoms with E-state index >= 15 is 0 Å². The second-order valence-electron chi connectivity index (χ2n) is 3.92. The van der Waals surface area contributed by atoms with Crippen LogP contribution < -0.4 is 0 Å². The van der Waals surface area contributed by atoms with Crippen molar-refractivity contribution in [2.24, 2.45) is 5.41 Å². The average molecular weight is 238 g/mol. The topological polar surface area (TPSA) is 26.3 Å². The smallest absolute Gasteiger partial charge is 0.315 e. The molecule has 3 heteroatoms. The number of carbonyl (C=O) groups excluding carboxylic acids is 1. The van der Waals surface area contributed by atoms with E-state index in [0.717, 1.165) is 12.8 Å². The van der Waals surface area contributed by atoms with Crippen LogP contribution in [0.2, 0.25) is 0 Å². The molecule has 1 rings (SSSR count). The van der Waals surface area contributed by atoms with Crippen molar-refractivity contribution < 1.29 is 9.53 Å². The third-order valence-electron chi connectivity index (χ3n) is 2.66. The number of aryl methyl sites for hydroxylation is 1. The maximum atomic E-state index is 11.8. The molecule has 0 fully saturated rings. The Bertz CT molecular complexity index is 343. The molecule has 0 aliphatic heterocycles. The van der Waals surface area contributed by atoms with E-state index in [-0.39, 0.29) is 5.97 Å². The maximum absolute atomic E-state index is 11.8. The summed E-state index contributed by atoms with van der Waals surface area (Å²) in [5.41, 5.74) is -0.569. The van der Waals surface area contributed by atoms with Crippen molar-refractivity contribution in [1.82, 2.24) is 0 Å². The van der Waals surface area contributed by atoms with Crippen molar-refractivity contribution in [3.8, 4) is 0 Å². The van der Waals surface area contributed by atoms with Crippen LogP contribution in [-0.2, 0) is 16.0 Å². The van der Waals surface area contributed by atoms with Crippen LogP contribution in [-0.4, -0.2) is 12.6 Å². The van der Waals surface area contributed by atoms with Crippen molar-refractivity contribution in [2.75, 3.05) is 6.61 Å². The second kappa shape index (κ2) is 5.85. The third kappa shape index (κ3) is 3.20. The van der Waals surface area contributed by atoms with Crippen LogP contribution in [0.4, 0.5) is 0 Å². The summed E-state index contributed by atoms with van der Waals surface area (Å²) in [6.45, 7) is 7.86. The van der Waals surface area contributed by atoms with E-state index in [1.165, 1.54) is 4.88 Å². The molecular weight excluding hydrogens is 220 g/mol. The van der Waals surface area contributed by atoms with Gasteiger partial charge in [-0.15, -0.1) is 17.9 Å². The second-order valence-corrected chi connectivity index (χ2v) is 4.95. The number of hydrogen-bond donors (Lipinski definition) is 0. The molecule has 0 amide bonds. The minimum Gasteiger partial charge on any atom is -0.465 e. The molecule has 1 unspecified atom stereocenters. The Morgan fingerprint density at radius 2 is 2.44 bits per heavy atom. The molecular formula is C13H18O2S. The molecule has 1 aromatic heterocycles. The Morgan fingerprint density at radius 3 is 2.94 bits per heavy atom. The van der Waals surface area contributed by atoms with Gasteiger partial charge in [-0.25, -0.2) is 0 Å². The van der Waals surface area contributed by atoms with E-state index in [2.05, 4.69) is 12.6 Å². The van der Waals surface area contributed by atoms with Crippen molar-refractivity contribution in [3.05, 3.63) is 35.0 Å². The number of hydrogen-bond acceptors (Lipinski definition) is 3. The largest absolute Gasteiger partial charge is 0.465 e. The van der Waals surface area contributed by atoms with E-state index in [1.54, 1.807) is 17.4 Å². The van der Waals surface area contributed by atoms with Crippen LogP contribution >= 0.6 is 11.3 Å². The van der Waals surface area contributed by atoms with Crippen LogP contribution in [0.1, 0.15) is 25.1 Å². The van der Waals surface area contributed by atoms with Gasteiger partial charge in [-0.2, -0.15) is 0 Å². The van der Waals surface area contributed by atoms with Crippen molar-refractivity contribution in [2.45, 2.75) is 26.7 Å². The van der Waals surface area contributed by atoms with Crippen molar-refractivity contribution in [1.29, 1.82) is 0 Å². The highest BCUT2D eigenvalue weighted by molar-refractivity contribution is 7.09. The molecule has 0 aromatic carbocycles. The number of ether oxygens (including phenoxy) is 1. The normalized spacial score (nSPS) is 14.1. The molecule has 2 nitrogen and oxygen atoms in total. The molecule has 0 spiro atoms. The zero-order valence-electron chi connectivity index (χ0n) is 9.86. The van der Waals surface area contributed by atoms with Crippen LogP contribution in [0, 0.1) is 5.41 Å². The third-order valence-corrected chi connectivity index (χ3v) is 3.60. The van der Waals surface area contributed by atoms with Crippen molar-refractivity contribution >= 4 is 17.3 Å². The van der Waals surface area contributed by atoms with Crippen LogP contribution in [0.3, 0.4) is 0 Å². The van der Waals surface area contributed by atoms with Gasteiger partial charge >= 0.3 is 5.97 Å². The highest BCUT2D eigenvalue weighted by atomic mass is 32.1. The van der Waals surface area contributed by atoms with Gasteiger partial charge in [-0.3, -0.25) is 4.79 Å². The summed E-state index contributed by atoms with van der Waals surface area (Å²) < 4.78 is 5.06. The molecule has 0 N–H and O–H groups in total. The molecule has 16 heavy (non-hydrogen) atoms. The van der Waals surface area contributed by atoms with E-state index in [0.29, 0.717) is 6.61 Å². The minimum absolute atomic E-state index is 0.179. The van der Waals surface area contributed by atoms with E-state index in [1.807, 2.05) is 25.3 Å². The van der Waals surface area contributed by atoms with Crippen LogP contribution in [0.15, 0.2) is 30.2 Å². The first-order valence-corrected chi connectivity index (χ1v) is 6.33. The standard InChI is InChI=1S/C13H18O2S/c1-4-13(3,12(14)15-5-2)9-8-11-7-6-10-16-11/h4,6-7,10H,1,5,8-9H2,2-3H3. The minimum atomic E-state index is -0.569. The number of esters is 1. The lowest BCUT2D eigenvalue weighted by Crippen LogP contribution is -2.28. The summed E-state index contributed by atoms with van der Waals surface area (Å²) in [6.07, 6.45) is 3.33. The first-order chi connectivity index (χ1) is 7.62. The summed E-state index contributed by atoms with van der Waals surface area (Å²) >= 11 is 1.71.